The van der Waals surface area contributed by atoms with Gasteiger partial charge in [0.2, 0.25) is 0 Å². The van der Waals surface area contributed by atoms with Crippen molar-refractivity contribution in [2.45, 2.75) is 42.6 Å². The quantitative estimate of drug-likeness (QED) is 0.303. The van der Waals surface area contributed by atoms with Crippen LogP contribution in [0.25, 0.3) is 0 Å². The summed E-state index contributed by atoms with van der Waals surface area (Å²) in [5.41, 5.74) is 6.46. The lowest BCUT2D eigenvalue weighted by molar-refractivity contribution is -0.141. The zero-order valence-electron chi connectivity index (χ0n) is 19.9. The first-order chi connectivity index (χ1) is 17.1. The van der Waals surface area contributed by atoms with E-state index >= 15 is 0 Å². The van der Waals surface area contributed by atoms with Crippen molar-refractivity contribution in [3.05, 3.63) is 88.0 Å². The van der Waals surface area contributed by atoms with Gasteiger partial charge in [0.15, 0.2) is 0 Å². The van der Waals surface area contributed by atoms with E-state index in [1.54, 1.807) is 11.8 Å². The van der Waals surface area contributed by atoms with Crippen LogP contribution in [0, 0.1) is 11.3 Å². The van der Waals surface area contributed by atoms with Crippen LogP contribution in [0.5, 0.6) is 11.5 Å². The van der Waals surface area contributed by atoms with Crippen LogP contribution in [-0.4, -0.2) is 25.9 Å². The van der Waals surface area contributed by atoms with Crippen molar-refractivity contribution < 1.29 is 19.0 Å². The van der Waals surface area contributed by atoms with Crippen molar-refractivity contribution in [3.63, 3.8) is 0 Å². The number of fused-ring (bicyclic) bond motifs is 2. The lowest BCUT2D eigenvalue weighted by atomic mass is 9.92. The van der Waals surface area contributed by atoms with Gasteiger partial charge >= 0.3 is 5.97 Å². The summed E-state index contributed by atoms with van der Waals surface area (Å²) in [6, 6.07) is 20.8. The Morgan fingerprint density at radius 2 is 1.94 bits per heavy atom. The number of thioether (sulfide) groups is 1. The van der Waals surface area contributed by atoms with Crippen LogP contribution in [0.2, 0.25) is 0 Å². The predicted octanol–water partition coefficient (Wildman–Crippen LogP) is 5.98. The molecule has 3 aromatic carbocycles. The van der Waals surface area contributed by atoms with E-state index in [1.165, 1.54) is 23.1 Å². The Kier molecular flexibility index (Phi) is 6.70. The monoisotopic (exact) mass is 485 g/mol. The molecule has 0 saturated carbocycles. The summed E-state index contributed by atoms with van der Waals surface area (Å²) < 4.78 is 17.1. The lowest BCUT2D eigenvalue weighted by Gasteiger charge is -2.17. The summed E-state index contributed by atoms with van der Waals surface area (Å²) in [6.45, 7) is 0.471. The minimum atomic E-state index is -0.234. The molecule has 6 heteroatoms. The minimum Gasteiger partial charge on any atom is -0.492 e. The number of methoxy groups -OCH3 is 1. The number of hydrogen-bond donors (Lipinski definition) is 0. The molecule has 0 fully saturated rings. The SMILES string of the molecule is COC(=O)CC1COc2cc(O[C@@H]3CCc4c3ccc(C#N)c4Cc3ccc(SC)cc3)ccc21. The van der Waals surface area contributed by atoms with Gasteiger partial charge in [-0.15, -0.1) is 11.8 Å². The topological polar surface area (TPSA) is 68.6 Å². The Morgan fingerprint density at radius 3 is 2.69 bits per heavy atom. The number of nitriles is 1. The normalized spacial score (nSPS) is 17.7. The van der Waals surface area contributed by atoms with Crippen LogP contribution in [0.15, 0.2) is 59.5 Å². The first kappa shape index (κ1) is 23.3. The molecule has 2 atom stereocenters. The molecule has 1 heterocycles. The third-order valence-electron chi connectivity index (χ3n) is 6.92. The summed E-state index contributed by atoms with van der Waals surface area (Å²) in [6.07, 6.45) is 4.80. The number of rotatable bonds is 7. The molecule has 0 saturated heterocycles. The zero-order valence-corrected chi connectivity index (χ0v) is 20.7. The molecule has 0 radical (unpaired) electrons. The molecule has 2 aliphatic rings. The van der Waals surface area contributed by atoms with Gasteiger partial charge in [0.1, 0.15) is 17.6 Å². The first-order valence-corrected chi connectivity index (χ1v) is 13.0. The lowest BCUT2D eigenvalue weighted by Crippen LogP contribution is -2.09. The van der Waals surface area contributed by atoms with E-state index in [2.05, 4.69) is 36.6 Å². The minimum absolute atomic E-state index is 0.00986. The molecule has 1 aliphatic heterocycles. The van der Waals surface area contributed by atoms with Gasteiger partial charge in [0.05, 0.1) is 31.8 Å². The number of carbonyl (C=O) groups is 1. The van der Waals surface area contributed by atoms with Crippen molar-refractivity contribution in [1.82, 2.24) is 0 Å². The van der Waals surface area contributed by atoms with Crippen molar-refractivity contribution in [2.75, 3.05) is 20.0 Å². The highest BCUT2D eigenvalue weighted by Crippen LogP contribution is 2.42. The molecule has 5 nitrogen and oxygen atoms in total. The fourth-order valence-corrected chi connectivity index (χ4v) is 5.47. The first-order valence-electron chi connectivity index (χ1n) is 11.8. The summed E-state index contributed by atoms with van der Waals surface area (Å²) >= 11 is 1.73. The van der Waals surface area contributed by atoms with Crippen LogP contribution in [0.1, 0.15) is 58.2 Å². The van der Waals surface area contributed by atoms with Gasteiger partial charge in [-0.25, -0.2) is 0 Å². The van der Waals surface area contributed by atoms with Crippen LogP contribution >= 0.6 is 11.8 Å². The number of nitrogens with zero attached hydrogens (tertiary/aromatic N) is 1. The fourth-order valence-electron chi connectivity index (χ4n) is 5.06. The molecule has 1 aliphatic carbocycles. The van der Waals surface area contributed by atoms with Gasteiger partial charge in [-0.3, -0.25) is 4.79 Å². The fraction of sp³-hybridized carbons (Fsp3) is 0.310. The Balaban J connectivity index is 1.36. The molecule has 0 bridgehead atoms. The van der Waals surface area contributed by atoms with E-state index in [4.69, 9.17) is 14.2 Å². The number of carbonyl (C=O) groups excluding carboxylic acids is 1. The molecule has 3 aromatic rings. The summed E-state index contributed by atoms with van der Waals surface area (Å²) in [4.78, 5) is 12.9. The van der Waals surface area contributed by atoms with Gasteiger partial charge in [-0.2, -0.15) is 5.26 Å². The standard InChI is InChI=1S/C29H27NO4S/c1-32-29(31)14-20-17-33-28-15-21(6-10-23(20)28)34-27-12-11-24-25(27)9-5-19(16-30)26(24)13-18-3-7-22(35-2)8-4-18/h3-10,15,20,27H,11-14,17H2,1-2H3/t20?,27-/m1/s1. The second kappa shape index (κ2) is 10.1. The van der Waals surface area contributed by atoms with Gasteiger partial charge in [0, 0.05) is 22.4 Å². The van der Waals surface area contributed by atoms with Gasteiger partial charge in [-0.1, -0.05) is 24.3 Å². The number of benzene rings is 3. The van der Waals surface area contributed by atoms with E-state index in [0.29, 0.717) is 13.0 Å². The highest BCUT2D eigenvalue weighted by Gasteiger charge is 2.30. The largest absolute Gasteiger partial charge is 0.492 e. The number of hydrogen-bond acceptors (Lipinski definition) is 6. The smallest absolute Gasteiger partial charge is 0.306 e. The molecule has 0 amide bonds. The summed E-state index contributed by atoms with van der Waals surface area (Å²) in [5.74, 6) is 1.29. The average molecular weight is 486 g/mol. The van der Waals surface area contributed by atoms with Crippen LogP contribution in [0.3, 0.4) is 0 Å². The van der Waals surface area contributed by atoms with E-state index in [0.717, 1.165) is 53.0 Å². The maximum atomic E-state index is 11.7. The Bertz CT molecular complexity index is 1300. The molecule has 5 rings (SSSR count). The van der Waals surface area contributed by atoms with Crippen molar-refractivity contribution in [3.8, 4) is 17.6 Å². The van der Waals surface area contributed by atoms with E-state index in [1.807, 2.05) is 30.3 Å². The molecular formula is C29H27NO4S. The maximum absolute atomic E-state index is 11.7. The second-order valence-corrected chi connectivity index (χ2v) is 9.81. The Morgan fingerprint density at radius 1 is 1.14 bits per heavy atom. The van der Waals surface area contributed by atoms with E-state index < -0.39 is 0 Å². The van der Waals surface area contributed by atoms with Gasteiger partial charge in [0.25, 0.3) is 0 Å². The summed E-state index contributed by atoms with van der Waals surface area (Å²) in [5, 5.41) is 9.76. The zero-order chi connectivity index (χ0) is 24.4. The molecule has 178 valence electrons. The van der Waals surface area contributed by atoms with Crippen molar-refractivity contribution in [1.29, 1.82) is 5.26 Å². The third kappa shape index (κ3) is 4.74. The maximum Gasteiger partial charge on any atom is 0.306 e. The summed E-state index contributed by atoms with van der Waals surface area (Å²) in [7, 11) is 1.40. The molecule has 0 N–H and O–H groups in total. The Labute approximate surface area is 210 Å². The molecular weight excluding hydrogens is 458 g/mol. The second-order valence-electron chi connectivity index (χ2n) is 8.93. The van der Waals surface area contributed by atoms with Crippen molar-refractivity contribution >= 4 is 17.7 Å². The third-order valence-corrected chi connectivity index (χ3v) is 7.66. The van der Waals surface area contributed by atoms with Crippen LogP contribution in [-0.2, 0) is 22.4 Å². The molecule has 0 aromatic heterocycles. The van der Waals surface area contributed by atoms with E-state index in [-0.39, 0.29) is 18.0 Å². The van der Waals surface area contributed by atoms with Crippen LogP contribution < -0.4 is 9.47 Å². The highest BCUT2D eigenvalue weighted by molar-refractivity contribution is 7.98. The van der Waals surface area contributed by atoms with Crippen molar-refractivity contribution in [2.24, 2.45) is 0 Å². The molecule has 35 heavy (non-hydrogen) atoms. The average Bonchev–Trinajstić information content (AvgIpc) is 3.48. The highest BCUT2D eigenvalue weighted by atomic mass is 32.2. The number of ether oxygens (including phenoxy) is 3. The van der Waals surface area contributed by atoms with E-state index in [9.17, 15) is 10.1 Å². The Hall–Kier alpha value is -3.43. The predicted molar refractivity (Wildman–Crippen MR) is 135 cm³/mol. The number of esters is 1. The van der Waals surface area contributed by atoms with Gasteiger partial charge in [-0.05, 0) is 72.0 Å². The van der Waals surface area contributed by atoms with Crippen LogP contribution in [0.4, 0.5) is 0 Å². The molecule has 1 unspecified atom stereocenters. The van der Waals surface area contributed by atoms with Gasteiger partial charge < -0.3 is 14.2 Å². The molecule has 0 spiro atoms.